The molecule has 82 valence electrons. The van der Waals surface area contributed by atoms with Crippen molar-refractivity contribution in [3.63, 3.8) is 0 Å². The van der Waals surface area contributed by atoms with Crippen LogP contribution in [0.3, 0.4) is 0 Å². The summed E-state index contributed by atoms with van der Waals surface area (Å²) in [6.45, 7) is 2.46. The normalized spacial score (nSPS) is 33.9. The molecule has 2 aliphatic rings. The van der Waals surface area contributed by atoms with E-state index in [2.05, 4.69) is 4.90 Å². The molecule has 5 nitrogen and oxygen atoms in total. The zero-order valence-electron chi connectivity index (χ0n) is 8.05. The molecule has 0 saturated carbocycles. The van der Waals surface area contributed by atoms with Crippen molar-refractivity contribution >= 4 is 9.84 Å². The van der Waals surface area contributed by atoms with Gasteiger partial charge in [0.05, 0.1) is 30.8 Å². The number of ether oxygens (including phenoxy) is 1. The van der Waals surface area contributed by atoms with Crippen LogP contribution in [0.2, 0.25) is 0 Å². The Labute approximate surface area is 84.1 Å². The Hall–Kier alpha value is -0.170. The van der Waals surface area contributed by atoms with Crippen LogP contribution in [0.5, 0.6) is 0 Å². The Kier molecular flexibility index (Phi) is 2.79. The molecule has 0 aromatic carbocycles. The summed E-state index contributed by atoms with van der Waals surface area (Å²) >= 11 is 0. The van der Waals surface area contributed by atoms with Crippen LogP contribution in [-0.4, -0.2) is 63.2 Å². The highest BCUT2D eigenvalue weighted by Crippen LogP contribution is 2.18. The maximum atomic E-state index is 11.4. The molecule has 0 radical (unpaired) electrons. The first-order valence-corrected chi connectivity index (χ1v) is 6.68. The average Bonchev–Trinajstić information content (AvgIpc) is 2.04. The van der Waals surface area contributed by atoms with Crippen molar-refractivity contribution in [1.29, 1.82) is 0 Å². The Morgan fingerprint density at radius 1 is 1.43 bits per heavy atom. The molecule has 0 aromatic rings. The van der Waals surface area contributed by atoms with Crippen molar-refractivity contribution in [1.82, 2.24) is 4.90 Å². The summed E-state index contributed by atoms with van der Waals surface area (Å²) in [4.78, 5) is 2.19. The van der Waals surface area contributed by atoms with E-state index in [1.807, 2.05) is 0 Å². The van der Waals surface area contributed by atoms with E-state index in [4.69, 9.17) is 10.5 Å². The molecule has 0 amide bonds. The van der Waals surface area contributed by atoms with Gasteiger partial charge in [-0.2, -0.15) is 0 Å². The molecular weight excluding hydrogens is 204 g/mol. The summed E-state index contributed by atoms with van der Waals surface area (Å²) in [7, 11) is -2.86. The third-order valence-corrected chi connectivity index (χ3v) is 4.63. The Morgan fingerprint density at radius 2 is 2.14 bits per heavy atom. The van der Waals surface area contributed by atoms with E-state index in [0.717, 1.165) is 13.2 Å². The number of rotatable bonds is 2. The van der Waals surface area contributed by atoms with Crippen molar-refractivity contribution in [3.8, 4) is 0 Å². The second-order valence-electron chi connectivity index (χ2n) is 3.93. The molecule has 1 atom stereocenters. The van der Waals surface area contributed by atoms with Gasteiger partial charge in [0.1, 0.15) is 0 Å². The van der Waals surface area contributed by atoms with Crippen LogP contribution in [-0.2, 0) is 14.6 Å². The van der Waals surface area contributed by atoms with Crippen LogP contribution in [0, 0.1) is 0 Å². The van der Waals surface area contributed by atoms with Gasteiger partial charge in [-0.15, -0.1) is 0 Å². The number of sulfone groups is 1. The summed E-state index contributed by atoms with van der Waals surface area (Å²) in [6.07, 6.45) is 0. The maximum absolute atomic E-state index is 11.4. The van der Waals surface area contributed by atoms with E-state index in [0.29, 0.717) is 19.1 Å². The predicted octanol–water partition coefficient (Wildman–Crippen LogP) is -1.56. The number of nitrogens with zero attached hydrogens (tertiary/aromatic N) is 1. The second kappa shape index (κ2) is 3.77. The minimum Gasteiger partial charge on any atom is -0.378 e. The lowest BCUT2D eigenvalue weighted by Gasteiger charge is -2.43. The largest absolute Gasteiger partial charge is 0.378 e. The van der Waals surface area contributed by atoms with Gasteiger partial charge in [0.15, 0.2) is 9.84 Å². The highest BCUT2D eigenvalue weighted by atomic mass is 32.2. The molecule has 14 heavy (non-hydrogen) atoms. The Bertz CT molecular complexity index is 300. The standard InChI is InChI=1S/C8H16N2O3S/c9-3-7-6-14(11,12)2-1-10(7)8-4-13-5-8/h7-8H,1-6,9H2. The average molecular weight is 220 g/mol. The van der Waals surface area contributed by atoms with Crippen LogP contribution >= 0.6 is 0 Å². The predicted molar refractivity (Wildman–Crippen MR) is 52.8 cm³/mol. The fourth-order valence-corrected chi connectivity index (χ4v) is 3.57. The quantitative estimate of drug-likeness (QED) is 0.609. The van der Waals surface area contributed by atoms with Crippen LogP contribution in [0.1, 0.15) is 0 Å². The highest BCUT2D eigenvalue weighted by molar-refractivity contribution is 7.91. The number of hydrogen-bond donors (Lipinski definition) is 1. The highest BCUT2D eigenvalue weighted by Gasteiger charge is 2.37. The third kappa shape index (κ3) is 1.93. The lowest BCUT2D eigenvalue weighted by molar-refractivity contribution is -0.0748. The summed E-state index contributed by atoms with van der Waals surface area (Å²) in [5.41, 5.74) is 5.58. The topological polar surface area (TPSA) is 72.6 Å². The zero-order chi connectivity index (χ0) is 10.2. The van der Waals surface area contributed by atoms with Gasteiger partial charge in [-0.3, -0.25) is 4.90 Å². The first kappa shape index (κ1) is 10.4. The first-order valence-electron chi connectivity index (χ1n) is 4.86. The van der Waals surface area contributed by atoms with E-state index < -0.39 is 9.84 Å². The lowest BCUT2D eigenvalue weighted by Crippen LogP contribution is -2.61. The summed E-state index contributed by atoms with van der Waals surface area (Å²) < 4.78 is 27.9. The van der Waals surface area contributed by atoms with E-state index >= 15 is 0 Å². The van der Waals surface area contributed by atoms with Crippen LogP contribution in [0.25, 0.3) is 0 Å². The molecule has 0 spiro atoms. The van der Waals surface area contributed by atoms with Crippen LogP contribution < -0.4 is 5.73 Å². The molecule has 2 rings (SSSR count). The van der Waals surface area contributed by atoms with Crippen molar-refractivity contribution in [2.45, 2.75) is 12.1 Å². The smallest absolute Gasteiger partial charge is 0.153 e. The van der Waals surface area contributed by atoms with Crippen molar-refractivity contribution < 1.29 is 13.2 Å². The molecule has 1 unspecified atom stereocenters. The number of nitrogens with two attached hydrogens (primary N) is 1. The van der Waals surface area contributed by atoms with Gasteiger partial charge in [-0.1, -0.05) is 0 Å². The molecule has 2 fully saturated rings. The molecule has 0 bridgehead atoms. The molecule has 6 heteroatoms. The minimum atomic E-state index is -2.86. The van der Waals surface area contributed by atoms with Gasteiger partial charge >= 0.3 is 0 Å². The second-order valence-corrected chi connectivity index (χ2v) is 6.16. The van der Waals surface area contributed by atoms with Crippen LogP contribution in [0.4, 0.5) is 0 Å². The molecule has 2 saturated heterocycles. The fourth-order valence-electron chi connectivity index (χ4n) is 2.00. The molecule has 2 heterocycles. The van der Waals surface area contributed by atoms with Crippen molar-refractivity contribution in [2.24, 2.45) is 5.73 Å². The summed E-state index contributed by atoms with van der Waals surface area (Å²) in [5, 5.41) is 0. The van der Waals surface area contributed by atoms with E-state index in [1.165, 1.54) is 0 Å². The maximum Gasteiger partial charge on any atom is 0.153 e. The Morgan fingerprint density at radius 3 is 2.64 bits per heavy atom. The van der Waals surface area contributed by atoms with Gasteiger partial charge in [0, 0.05) is 19.1 Å². The summed E-state index contributed by atoms with van der Waals surface area (Å²) in [6, 6.07) is 0.377. The first-order chi connectivity index (χ1) is 6.62. The van der Waals surface area contributed by atoms with E-state index in [-0.39, 0.29) is 17.5 Å². The van der Waals surface area contributed by atoms with Gasteiger partial charge < -0.3 is 10.5 Å². The summed E-state index contributed by atoms with van der Waals surface area (Å²) in [5.74, 6) is 0.472. The van der Waals surface area contributed by atoms with Crippen LogP contribution in [0.15, 0.2) is 0 Å². The Balaban J connectivity index is 2.04. The van der Waals surface area contributed by atoms with Crippen molar-refractivity contribution in [2.75, 3.05) is 37.8 Å². The number of hydrogen-bond acceptors (Lipinski definition) is 5. The van der Waals surface area contributed by atoms with E-state index in [9.17, 15) is 8.42 Å². The zero-order valence-corrected chi connectivity index (χ0v) is 8.87. The molecule has 2 N–H and O–H groups in total. The van der Waals surface area contributed by atoms with Gasteiger partial charge in [-0.05, 0) is 0 Å². The van der Waals surface area contributed by atoms with E-state index in [1.54, 1.807) is 0 Å². The van der Waals surface area contributed by atoms with Gasteiger partial charge in [0.2, 0.25) is 0 Å². The molecule has 0 aromatic heterocycles. The SMILES string of the molecule is NCC1CS(=O)(=O)CCN1C1COC1. The van der Waals surface area contributed by atoms with Gasteiger partial charge in [0.25, 0.3) is 0 Å². The lowest BCUT2D eigenvalue weighted by atomic mass is 10.1. The monoisotopic (exact) mass is 220 g/mol. The third-order valence-electron chi connectivity index (χ3n) is 2.94. The fraction of sp³-hybridized carbons (Fsp3) is 1.00. The van der Waals surface area contributed by atoms with Crippen molar-refractivity contribution in [3.05, 3.63) is 0 Å². The molecule has 2 aliphatic heterocycles. The minimum absolute atomic E-state index is 0.0114. The molecule has 0 aliphatic carbocycles. The van der Waals surface area contributed by atoms with Gasteiger partial charge in [-0.25, -0.2) is 8.42 Å². The molecular formula is C8H16N2O3S.